The summed E-state index contributed by atoms with van der Waals surface area (Å²) in [7, 11) is 0. The summed E-state index contributed by atoms with van der Waals surface area (Å²) in [5.41, 5.74) is 6.87. The number of fused-ring (bicyclic) bond motifs is 6. The van der Waals surface area contributed by atoms with E-state index in [1.807, 2.05) is 54.7 Å². The molecule has 0 N–H and O–H groups in total. The SMILES string of the molecule is CC(C)n1c(-c2[c-]ccc3c2oc2ccccc23)nc2c3ccccc3ccc21.[CH3][Ge]([CH3])([CH3])[c]1ccc(-c2[c-]cccc2)nc1.[Ir]. The minimum absolute atomic E-state index is 0. The third-order valence-corrected chi connectivity index (χ3v) is 12.5. The van der Waals surface area contributed by atoms with Crippen molar-refractivity contribution in [3.63, 3.8) is 0 Å². The number of para-hydroxylation sites is 1. The van der Waals surface area contributed by atoms with Crippen molar-refractivity contribution < 1.29 is 24.5 Å². The Balaban J connectivity index is 0.000000187. The minimum Gasteiger partial charge on any atom is 0 e. The molecule has 0 saturated heterocycles. The zero-order chi connectivity index (χ0) is 31.1. The topological polar surface area (TPSA) is 43.9 Å². The predicted octanol–water partition coefficient (Wildman–Crippen LogP) is 10.2. The van der Waals surface area contributed by atoms with Gasteiger partial charge in [-0.05, 0) is 31.4 Å². The third kappa shape index (κ3) is 5.95. The predicted molar refractivity (Wildman–Crippen MR) is 191 cm³/mol. The number of pyridine rings is 1. The molecule has 8 rings (SSSR count). The molecule has 0 unspecified atom stereocenters. The number of nitrogens with zero attached hydrogens (tertiary/aromatic N) is 3. The average Bonchev–Trinajstić information content (AvgIpc) is 3.65. The van der Waals surface area contributed by atoms with Gasteiger partial charge in [0.25, 0.3) is 0 Å². The van der Waals surface area contributed by atoms with Crippen molar-refractivity contribution in [2.24, 2.45) is 0 Å². The number of rotatable bonds is 4. The van der Waals surface area contributed by atoms with E-state index in [0.717, 1.165) is 55.6 Å². The molecule has 0 aliphatic rings. The van der Waals surface area contributed by atoms with Crippen molar-refractivity contribution in [2.75, 3.05) is 0 Å². The zero-order valence-corrected chi connectivity index (χ0v) is 31.1. The van der Waals surface area contributed by atoms with Crippen LogP contribution < -0.4 is 4.40 Å². The molecule has 46 heavy (non-hydrogen) atoms. The monoisotopic (exact) mass is 840 g/mol. The van der Waals surface area contributed by atoms with Gasteiger partial charge in [0.1, 0.15) is 5.58 Å². The Morgan fingerprint density at radius 3 is 2.22 bits per heavy atom. The van der Waals surface area contributed by atoms with Crippen LogP contribution in [-0.2, 0) is 20.1 Å². The first kappa shape index (κ1) is 31.9. The van der Waals surface area contributed by atoms with E-state index in [2.05, 4.69) is 113 Å². The first-order valence-electron chi connectivity index (χ1n) is 15.5. The molecular weight excluding hydrogens is 803 g/mol. The van der Waals surface area contributed by atoms with E-state index >= 15 is 0 Å². The van der Waals surface area contributed by atoms with Crippen LogP contribution in [0.15, 0.2) is 120 Å². The van der Waals surface area contributed by atoms with Crippen molar-refractivity contribution in [2.45, 2.75) is 37.2 Å². The molecular formula is C40H35GeIrN3O-2. The summed E-state index contributed by atoms with van der Waals surface area (Å²) in [4.78, 5) is 9.66. The molecule has 1 radical (unpaired) electrons. The fraction of sp³-hybridized carbons (Fsp3) is 0.150. The fourth-order valence-corrected chi connectivity index (χ4v) is 8.11. The van der Waals surface area contributed by atoms with E-state index in [0.29, 0.717) is 0 Å². The maximum Gasteiger partial charge on any atom is 0 e. The largest absolute Gasteiger partial charge is 0 e. The van der Waals surface area contributed by atoms with E-state index in [4.69, 9.17) is 9.40 Å². The second-order valence-corrected chi connectivity index (χ2v) is 23.4. The van der Waals surface area contributed by atoms with Gasteiger partial charge >= 0.3 is 99.8 Å². The van der Waals surface area contributed by atoms with E-state index < -0.39 is 13.3 Å². The van der Waals surface area contributed by atoms with Gasteiger partial charge in [-0.25, -0.2) is 0 Å². The maximum atomic E-state index is 6.27. The van der Waals surface area contributed by atoms with Crippen LogP contribution in [0.3, 0.4) is 0 Å². The van der Waals surface area contributed by atoms with Crippen LogP contribution >= 0.6 is 0 Å². The molecule has 0 spiro atoms. The van der Waals surface area contributed by atoms with Crippen LogP contribution in [0.2, 0.25) is 17.3 Å². The minimum atomic E-state index is -1.72. The summed E-state index contributed by atoms with van der Waals surface area (Å²) in [5, 5.41) is 4.59. The normalized spacial score (nSPS) is 11.6. The van der Waals surface area contributed by atoms with Crippen LogP contribution in [-0.4, -0.2) is 27.8 Å². The number of furan rings is 1. The quantitative estimate of drug-likeness (QED) is 0.131. The van der Waals surface area contributed by atoms with Crippen molar-refractivity contribution in [1.29, 1.82) is 0 Å². The number of hydrogen-bond donors (Lipinski definition) is 0. The van der Waals surface area contributed by atoms with Gasteiger partial charge in [0.05, 0.1) is 22.4 Å². The summed E-state index contributed by atoms with van der Waals surface area (Å²) >= 11 is -1.72. The molecule has 0 atom stereocenters. The van der Waals surface area contributed by atoms with Crippen molar-refractivity contribution >= 4 is 61.4 Å². The van der Waals surface area contributed by atoms with Gasteiger partial charge in [-0.1, -0.05) is 59.5 Å². The zero-order valence-electron chi connectivity index (χ0n) is 26.6. The smallest absolute Gasteiger partial charge is 0 e. The standard InChI is InChI=1S/C26H19N2O.C14H16GeN.Ir/c1-16(2)28-22-15-14-17-8-3-4-9-18(17)24(22)27-26(28)21-12-7-11-20-19-10-5-6-13-23(19)29-25(20)21;1-15(2,3)13-9-10-14(16-11-13)12-7-5-4-6-8-12;/h3-11,13-16H,1-2H3;4-7,9-11H,1-3H3;/q2*-1;. The van der Waals surface area contributed by atoms with E-state index in [9.17, 15) is 0 Å². The van der Waals surface area contributed by atoms with E-state index in [-0.39, 0.29) is 26.1 Å². The number of imidazole rings is 1. The first-order valence-corrected chi connectivity index (χ1v) is 22.8. The first-order chi connectivity index (χ1) is 21.8. The molecule has 231 valence electrons. The Hall–Kier alpha value is -4.03. The molecule has 0 aliphatic heterocycles. The molecule has 8 aromatic rings. The summed E-state index contributed by atoms with van der Waals surface area (Å²) in [5.74, 6) is 8.04. The molecule has 5 aromatic carbocycles. The van der Waals surface area contributed by atoms with E-state index in [1.54, 1.807) is 0 Å². The fourth-order valence-electron chi connectivity index (χ4n) is 5.93. The number of aromatic nitrogens is 3. The Morgan fingerprint density at radius 1 is 0.739 bits per heavy atom. The van der Waals surface area contributed by atoms with E-state index in [1.165, 1.54) is 15.2 Å². The van der Waals surface area contributed by atoms with Gasteiger partial charge in [-0.15, -0.1) is 18.2 Å². The molecule has 4 nitrogen and oxygen atoms in total. The molecule has 6 heteroatoms. The molecule has 0 bridgehead atoms. The second-order valence-electron chi connectivity index (χ2n) is 12.7. The van der Waals surface area contributed by atoms with Crippen molar-refractivity contribution in [3.8, 4) is 22.6 Å². The van der Waals surface area contributed by atoms with Gasteiger partial charge in [0.15, 0.2) is 0 Å². The molecule has 3 aromatic heterocycles. The Kier molecular flexibility index (Phi) is 9.02. The molecule has 0 saturated carbocycles. The second kappa shape index (κ2) is 13.0. The number of benzene rings is 5. The van der Waals surface area contributed by atoms with Gasteiger partial charge in [-0.2, -0.15) is 0 Å². The van der Waals surface area contributed by atoms with Crippen molar-refractivity contribution in [1.82, 2.24) is 14.5 Å². The summed E-state index contributed by atoms with van der Waals surface area (Å²) in [6.45, 7) is 4.39. The molecule has 0 amide bonds. The Labute approximate surface area is 286 Å². The van der Waals surface area contributed by atoms with Gasteiger partial charge in [-0.3, -0.25) is 4.98 Å². The Bertz CT molecular complexity index is 2280. The summed E-state index contributed by atoms with van der Waals surface area (Å²) < 4.78 is 10.0. The average molecular weight is 839 g/mol. The van der Waals surface area contributed by atoms with Gasteiger partial charge in [0.2, 0.25) is 0 Å². The summed E-state index contributed by atoms with van der Waals surface area (Å²) in [6, 6.07) is 44.1. The third-order valence-electron chi connectivity index (χ3n) is 8.28. The van der Waals surface area contributed by atoms with Crippen LogP contribution in [0, 0.1) is 12.1 Å². The molecule has 0 aliphatic carbocycles. The Morgan fingerprint density at radius 2 is 1.50 bits per heavy atom. The van der Waals surface area contributed by atoms with Crippen LogP contribution in [0.4, 0.5) is 0 Å². The number of hydrogen-bond acceptors (Lipinski definition) is 3. The van der Waals surface area contributed by atoms with Crippen molar-refractivity contribution in [3.05, 3.63) is 128 Å². The molecule has 3 heterocycles. The van der Waals surface area contributed by atoms with Gasteiger partial charge in [0, 0.05) is 36.9 Å². The summed E-state index contributed by atoms with van der Waals surface area (Å²) in [6.07, 6.45) is 2.04. The van der Waals surface area contributed by atoms with Crippen LogP contribution in [0.5, 0.6) is 0 Å². The van der Waals surface area contributed by atoms with Gasteiger partial charge < -0.3 is 8.98 Å². The van der Waals surface area contributed by atoms with Crippen LogP contribution in [0.1, 0.15) is 19.9 Å². The molecule has 0 fully saturated rings. The maximum absolute atomic E-state index is 6.27. The van der Waals surface area contributed by atoms with Crippen LogP contribution in [0.25, 0.3) is 66.4 Å².